The van der Waals surface area contributed by atoms with E-state index in [4.69, 9.17) is 0 Å². The number of nitrogens with one attached hydrogen (secondary N) is 1. The van der Waals surface area contributed by atoms with Crippen molar-refractivity contribution in [3.63, 3.8) is 0 Å². The summed E-state index contributed by atoms with van der Waals surface area (Å²) >= 11 is 3.22. The van der Waals surface area contributed by atoms with E-state index in [9.17, 15) is 10.1 Å². The molecule has 1 aromatic heterocycles. The van der Waals surface area contributed by atoms with Crippen molar-refractivity contribution in [3.8, 4) is 0 Å². The first-order chi connectivity index (χ1) is 8.66. The van der Waals surface area contributed by atoms with Crippen LogP contribution in [0.2, 0.25) is 0 Å². The molecule has 1 aromatic carbocycles. The zero-order chi connectivity index (χ0) is 13.0. The molecule has 0 amide bonds. The Bertz CT molecular complexity index is 561. The van der Waals surface area contributed by atoms with Gasteiger partial charge in [0.15, 0.2) is 0 Å². The summed E-state index contributed by atoms with van der Waals surface area (Å²) in [6, 6.07) is 8.65. The van der Waals surface area contributed by atoms with Crippen molar-refractivity contribution < 1.29 is 4.92 Å². The van der Waals surface area contributed by atoms with Gasteiger partial charge >= 0.3 is 0 Å². The molecule has 0 aliphatic heterocycles. The summed E-state index contributed by atoms with van der Waals surface area (Å²) in [6.07, 6.45) is 3.41. The van der Waals surface area contributed by atoms with E-state index in [2.05, 4.69) is 26.2 Å². The number of rotatable bonds is 4. The summed E-state index contributed by atoms with van der Waals surface area (Å²) in [7, 11) is 0. The van der Waals surface area contributed by atoms with E-state index in [1.807, 2.05) is 12.1 Å². The van der Waals surface area contributed by atoms with Gasteiger partial charge in [0.05, 0.1) is 4.92 Å². The minimum atomic E-state index is -0.406. The molecule has 0 saturated carbocycles. The van der Waals surface area contributed by atoms with Gasteiger partial charge in [0, 0.05) is 29.5 Å². The molecule has 0 radical (unpaired) electrons. The van der Waals surface area contributed by atoms with E-state index in [0.29, 0.717) is 16.7 Å². The summed E-state index contributed by atoms with van der Waals surface area (Å²) in [4.78, 5) is 14.5. The fraction of sp³-hybridized carbons (Fsp3) is 0.0833. The highest BCUT2D eigenvalue weighted by Crippen LogP contribution is 2.28. The van der Waals surface area contributed by atoms with Crippen molar-refractivity contribution in [1.29, 1.82) is 0 Å². The molecule has 0 spiro atoms. The Hall–Kier alpha value is -1.95. The molecule has 0 saturated heterocycles. The summed E-state index contributed by atoms with van der Waals surface area (Å²) in [5.41, 5.74) is 1.51. The number of hydrogen-bond donors (Lipinski definition) is 1. The highest BCUT2D eigenvalue weighted by molar-refractivity contribution is 9.10. The van der Waals surface area contributed by atoms with Gasteiger partial charge in [-0.3, -0.25) is 15.1 Å². The Balaban J connectivity index is 2.17. The molecule has 0 aliphatic carbocycles. The van der Waals surface area contributed by atoms with Crippen LogP contribution < -0.4 is 5.32 Å². The van der Waals surface area contributed by atoms with Crippen molar-refractivity contribution >= 4 is 27.3 Å². The number of anilines is 1. The molecular formula is C12H10BrN3O2. The van der Waals surface area contributed by atoms with E-state index in [1.165, 1.54) is 6.07 Å². The molecule has 0 fully saturated rings. The number of halogens is 1. The normalized spacial score (nSPS) is 10.1. The average molecular weight is 308 g/mol. The molecule has 1 N–H and O–H groups in total. The van der Waals surface area contributed by atoms with E-state index < -0.39 is 4.92 Å². The Labute approximate surface area is 112 Å². The van der Waals surface area contributed by atoms with Gasteiger partial charge in [-0.15, -0.1) is 0 Å². The monoisotopic (exact) mass is 307 g/mol. The van der Waals surface area contributed by atoms with Crippen LogP contribution in [0.1, 0.15) is 5.56 Å². The minimum absolute atomic E-state index is 0.0493. The van der Waals surface area contributed by atoms with Crippen LogP contribution in [0.5, 0.6) is 0 Å². The molecule has 6 heteroatoms. The van der Waals surface area contributed by atoms with E-state index >= 15 is 0 Å². The molecule has 92 valence electrons. The summed E-state index contributed by atoms with van der Waals surface area (Å²) in [6.45, 7) is 0.496. The van der Waals surface area contributed by atoms with Crippen molar-refractivity contribution in [1.82, 2.24) is 4.98 Å². The largest absolute Gasteiger partial charge is 0.375 e. The fourth-order valence-electron chi connectivity index (χ4n) is 1.51. The SMILES string of the molecule is O=[N+]([O-])c1cc(Br)ccc1NCc1cccnc1. The first kappa shape index (κ1) is 12.5. The molecule has 18 heavy (non-hydrogen) atoms. The third kappa shape index (κ3) is 3.04. The maximum absolute atomic E-state index is 10.9. The first-order valence-corrected chi connectivity index (χ1v) is 6.03. The van der Waals surface area contributed by atoms with Gasteiger partial charge in [0.2, 0.25) is 0 Å². The topological polar surface area (TPSA) is 68.1 Å². The Morgan fingerprint density at radius 2 is 2.22 bits per heavy atom. The smallest absolute Gasteiger partial charge is 0.293 e. The van der Waals surface area contributed by atoms with Crippen LogP contribution >= 0.6 is 15.9 Å². The zero-order valence-corrected chi connectivity index (χ0v) is 10.9. The molecule has 2 aromatic rings. The van der Waals surface area contributed by atoms with Gasteiger partial charge in [-0.1, -0.05) is 22.0 Å². The van der Waals surface area contributed by atoms with Gasteiger partial charge in [-0.05, 0) is 23.8 Å². The third-order valence-electron chi connectivity index (χ3n) is 2.36. The number of aromatic nitrogens is 1. The molecule has 0 atom stereocenters. The Kier molecular flexibility index (Phi) is 3.88. The average Bonchev–Trinajstić information content (AvgIpc) is 2.38. The van der Waals surface area contributed by atoms with Crippen molar-refractivity contribution in [2.24, 2.45) is 0 Å². The van der Waals surface area contributed by atoms with Gasteiger partial charge in [0.1, 0.15) is 5.69 Å². The van der Waals surface area contributed by atoms with E-state index in [1.54, 1.807) is 24.5 Å². The number of nitro groups is 1. The number of nitro benzene ring substituents is 1. The summed E-state index contributed by atoms with van der Waals surface area (Å²) in [5, 5.41) is 14.0. The number of benzene rings is 1. The van der Waals surface area contributed by atoms with E-state index in [-0.39, 0.29) is 5.69 Å². The second kappa shape index (κ2) is 5.59. The van der Waals surface area contributed by atoms with E-state index in [0.717, 1.165) is 5.56 Å². The maximum Gasteiger partial charge on any atom is 0.293 e. The van der Waals surface area contributed by atoms with Gasteiger partial charge in [0.25, 0.3) is 5.69 Å². The molecule has 0 aliphatic rings. The molecule has 0 bridgehead atoms. The quantitative estimate of drug-likeness (QED) is 0.694. The van der Waals surface area contributed by atoms with Crippen LogP contribution in [0.25, 0.3) is 0 Å². The second-order valence-corrected chi connectivity index (χ2v) is 4.55. The summed E-state index contributed by atoms with van der Waals surface area (Å²) < 4.78 is 0.682. The molecule has 5 nitrogen and oxygen atoms in total. The van der Waals surface area contributed by atoms with Crippen LogP contribution in [-0.2, 0) is 6.54 Å². The van der Waals surface area contributed by atoms with Crippen LogP contribution in [0, 0.1) is 10.1 Å². The maximum atomic E-state index is 10.9. The predicted octanol–water partition coefficient (Wildman–Crippen LogP) is 3.36. The Morgan fingerprint density at radius 1 is 1.39 bits per heavy atom. The van der Waals surface area contributed by atoms with Gasteiger partial charge in [-0.2, -0.15) is 0 Å². The number of hydrogen-bond acceptors (Lipinski definition) is 4. The predicted molar refractivity (Wildman–Crippen MR) is 72.4 cm³/mol. The lowest BCUT2D eigenvalue weighted by atomic mass is 10.2. The number of nitrogens with zero attached hydrogens (tertiary/aromatic N) is 2. The highest BCUT2D eigenvalue weighted by Gasteiger charge is 2.13. The molecule has 2 rings (SSSR count). The lowest BCUT2D eigenvalue weighted by molar-refractivity contribution is -0.384. The lowest BCUT2D eigenvalue weighted by Crippen LogP contribution is -2.02. The molecule has 0 unspecified atom stereocenters. The van der Waals surface area contributed by atoms with Crippen LogP contribution in [0.4, 0.5) is 11.4 Å². The van der Waals surface area contributed by atoms with Crippen molar-refractivity contribution in [2.45, 2.75) is 6.54 Å². The van der Waals surface area contributed by atoms with Gasteiger partial charge in [-0.25, -0.2) is 0 Å². The zero-order valence-electron chi connectivity index (χ0n) is 9.34. The van der Waals surface area contributed by atoms with Crippen molar-refractivity contribution in [3.05, 3.63) is 62.9 Å². The lowest BCUT2D eigenvalue weighted by Gasteiger charge is -2.07. The van der Waals surface area contributed by atoms with Crippen LogP contribution in [0.15, 0.2) is 47.2 Å². The van der Waals surface area contributed by atoms with Crippen LogP contribution in [0.3, 0.4) is 0 Å². The fourth-order valence-corrected chi connectivity index (χ4v) is 1.85. The molecule has 1 heterocycles. The van der Waals surface area contributed by atoms with Gasteiger partial charge < -0.3 is 5.32 Å². The second-order valence-electron chi connectivity index (χ2n) is 3.63. The van der Waals surface area contributed by atoms with Crippen molar-refractivity contribution in [2.75, 3.05) is 5.32 Å². The first-order valence-electron chi connectivity index (χ1n) is 5.23. The third-order valence-corrected chi connectivity index (χ3v) is 2.86. The Morgan fingerprint density at radius 3 is 2.89 bits per heavy atom. The number of pyridine rings is 1. The minimum Gasteiger partial charge on any atom is -0.375 e. The van der Waals surface area contributed by atoms with Crippen LogP contribution in [-0.4, -0.2) is 9.91 Å². The highest BCUT2D eigenvalue weighted by atomic mass is 79.9. The standard InChI is InChI=1S/C12H10BrN3O2/c13-10-3-4-11(12(6-10)16(17)18)15-8-9-2-1-5-14-7-9/h1-7,15H,8H2. The summed E-state index contributed by atoms with van der Waals surface area (Å²) in [5.74, 6) is 0. The molecular weight excluding hydrogens is 298 g/mol.